The molecule has 1 aromatic heterocycles. The molecule has 0 saturated heterocycles. The van der Waals surface area contributed by atoms with Crippen molar-refractivity contribution < 1.29 is 14.3 Å². The van der Waals surface area contributed by atoms with Gasteiger partial charge in [-0.25, -0.2) is 0 Å². The standard InChI is InChI=1S/C10H14O3/c1-10(2,3)8-5-4-7(13-8)6-9(11)12/h4-5H,6H2,1-3H3,(H,11,12). The summed E-state index contributed by atoms with van der Waals surface area (Å²) in [6.45, 7) is 6.07. The van der Waals surface area contributed by atoms with Gasteiger partial charge in [-0.1, -0.05) is 20.8 Å². The van der Waals surface area contributed by atoms with E-state index in [4.69, 9.17) is 9.52 Å². The Labute approximate surface area is 77.4 Å². The summed E-state index contributed by atoms with van der Waals surface area (Å²) < 4.78 is 5.38. The Bertz CT molecular complexity index is 304. The Morgan fingerprint density at radius 3 is 2.46 bits per heavy atom. The maximum atomic E-state index is 10.4. The van der Waals surface area contributed by atoms with Crippen molar-refractivity contribution in [2.75, 3.05) is 0 Å². The number of hydrogen-bond acceptors (Lipinski definition) is 2. The van der Waals surface area contributed by atoms with Crippen LogP contribution in [0.5, 0.6) is 0 Å². The Morgan fingerprint density at radius 2 is 2.08 bits per heavy atom. The largest absolute Gasteiger partial charge is 0.481 e. The summed E-state index contributed by atoms with van der Waals surface area (Å²) in [5.41, 5.74) is -0.0588. The van der Waals surface area contributed by atoms with E-state index in [1.165, 1.54) is 0 Å². The highest BCUT2D eigenvalue weighted by molar-refractivity contribution is 5.69. The Hall–Kier alpha value is -1.25. The fourth-order valence-electron chi connectivity index (χ4n) is 1.03. The van der Waals surface area contributed by atoms with E-state index in [0.29, 0.717) is 5.76 Å². The molecule has 0 radical (unpaired) electrons. The van der Waals surface area contributed by atoms with Crippen LogP contribution in [0.3, 0.4) is 0 Å². The van der Waals surface area contributed by atoms with Crippen LogP contribution in [0, 0.1) is 0 Å². The summed E-state index contributed by atoms with van der Waals surface area (Å²) in [5, 5.41) is 8.52. The first kappa shape index (κ1) is 9.84. The molecule has 0 saturated carbocycles. The van der Waals surface area contributed by atoms with Gasteiger partial charge in [-0.2, -0.15) is 0 Å². The summed E-state index contributed by atoms with van der Waals surface area (Å²) in [6.07, 6.45) is -0.0456. The van der Waals surface area contributed by atoms with Gasteiger partial charge in [-0.3, -0.25) is 4.79 Å². The number of aliphatic carboxylic acids is 1. The van der Waals surface area contributed by atoms with Crippen LogP contribution < -0.4 is 0 Å². The summed E-state index contributed by atoms with van der Waals surface area (Å²) in [5.74, 6) is 0.469. The smallest absolute Gasteiger partial charge is 0.311 e. The molecule has 0 aromatic carbocycles. The van der Waals surface area contributed by atoms with E-state index in [0.717, 1.165) is 5.76 Å². The van der Waals surface area contributed by atoms with Crippen LogP contribution in [0.2, 0.25) is 0 Å². The molecule has 0 aliphatic rings. The van der Waals surface area contributed by atoms with E-state index in [2.05, 4.69) is 0 Å². The lowest BCUT2D eigenvalue weighted by Gasteiger charge is -2.13. The molecule has 1 N–H and O–H groups in total. The van der Waals surface area contributed by atoms with Gasteiger partial charge < -0.3 is 9.52 Å². The number of carboxylic acid groups (broad SMARTS) is 1. The van der Waals surface area contributed by atoms with E-state index >= 15 is 0 Å². The van der Waals surface area contributed by atoms with E-state index in [1.807, 2.05) is 26.8 Å². The van der Waals surface area contributed by atoms with Crippen molar-refractivity contribution in [3.05, 3.63) is 23.7 Å². The molecule has 0 aliphatic heterocycles. The van der Waals surface area contributed by atoms with Crippen LogP contribution in [0.1, 0.15) is 32.3 Å². The van der Waals surface area contributed by atoms with Gasteiger partial charge in [0.15, 0.2) is 0 Å². The third-order valence-electron chi connectivity index (χ3n) is 1.73. The van der Waals surface area contributed by atoms with Crippen molar-refractivity contribution in [2.24, 2.45) is 0 Å². The number of carbonyl (C=O) groups is 1. The van der Waals surface area contributed by atoms with Gasteiger partial charge in [0, 0.05) is 5.41 Å². The van der Waals surface area contributed by atoms with Gasteiger partial charge in [0.25, 0.3) is 0 Å². The summed E-state index contributed by atoms with van der Waals surface area (Å²) in [6, 6.07) is 3.55. The monoisotopic (exact) mass is 182 g/mol. The van der Waals surface area contributed by atoms with Crippen LogP contribution >= 0.6 is 0 Å². The molecule has 0 bridgehead atoms. The minimum Gasteiger partial charge on any atom is -0.481 e. The van der Waals surface area contributed by atoms with Gasteiger partial charge in [0.1, 0.15) is 17.9 Å². The molecule has 3 nitrogen and oxygen atoms in total. The molecule has 3 heteroatoms. The molecule has 0 spiro atoms. The van der Waals surface area contributed by atoms with Crippen molar-refractivity contribution in [3.8, 4) is 0 Å². The average molecular weight is 182 g/mol. The van der Waals surface area contributed by atoms with Crippen LogP contribution in [0.4, 0.5) is 0 Å². The Kier molecular flexibility index (Phi) is 2.45. The molecule has 1 heterocycles. The molecule has 1 aromatic rings. The highest BCUT2D eigenvalue weighted by Gasteiger charge is 2.18. The summed E-state index contributed by atoms with van der Waals surface area (Å²) in [4.78, 5) is 10.4. The van der Waals surface area contributed by atoms with Gasteiger partial charge in [0.05, 0.1) is 0 Å². The Morgan fingerprint density at radius 1 is 1.46 bits per heavy atom. The van der Waals surface area contributed by atoms with Gasteiger partial charge >= 0.3 is 5.97 Å². The molecule has 0 fully saturated rings. The molecule has 0 atom stereocenters. The quantitative estimate of drug-likeness (QED) is 0.762. The zero-order valence-corrected chi connectivity index (χ0v) is 8.13. The van der Waals surface area contributed by atoms with E-state index in [1.54, 1.807) is 6.07 Å². The second kappa shape index (κ2) is 3.24. The second-order valence-corrected chi connectivity index (χ2v) is 4.09. The normalized spacial score (nSPS) is 11.6. The lowest BCUT2D eigenvalue weighted by Crippen LogP contribution is -2.09. The van der Waals surface area contributed by atoms with Crippen LogP contribution in [0.15, 0.2) is 16.5 Å². The first-order chi connectivity index (χ1) is 5.89. The number of rotatable bonds is 2. The second-order valence-electron chi connectivity index (χ2n) is 4.09. The fourth-order valence-corrected chi connectivity index (χ4v) is 1.03. The topological polar surface area (TPSA) is 50.4 Å². The zero-order chi connectivity index (χ0) is 10.1. The van der Waals surface area contributed by atoms with Gasteiger partial charge in [-0.15, -0.1) is 0 Å². The fraction of sp³-hybridized carbons (Fsp3) is 0.500. The number of furan rings is 1. The Balaban J connectivity index is 2.81. The van der Waals surface area contributed by atoms with Crippen molar-refractivity contribution in [2.45, 2.75) is 32.6 Å². The maximum Gasteiger partial charge on any atom is 0.311 e. The maximum absolute atomic E-state index is 10.4. The zero-order valence-electron chi connectivity index (χ0n) is 8.13. The molecule has 1 rings (SSSR count). The lowest BCUT2D eigenvalue weighted by molar-refractivity contribution is -0.136. The average Bonchev–Trinajstić information content (AvgIpc) is 2.32. The molecule has 0 amide bonds. The first-order valence-electron chi connectivity index (χ1n) is 4.20. The molecule has 72 valence electrons. The SMILES string of the molecule is CC(C)(C)c1ccc(CC(=O)O)o1. The third kappa shape index (κ3) is 2.61. The van der Waals surface area contributed by atoms with E-state index in [-0.39, 0.29) is 11.8 Å². The van der Waals surface area contributed by atoms with Crippen molar-refractivity contribution >= 4 is 5.97 Å². The van der Waals surface area contributed by atoms with Crippen molar-refractivity contribution in [1.29, 1.82) is 0 Å². The van der Waals surface area contributed by atoms with Crippen molar-refractivity contribution in [3.63, 3.8) is 0 Å². The predicted molar refractivity (Wildman–Crippen MR) is 48.7 cm³/mol. The van der Waals surface area contributed by atoms with Gasteiger partial charge in [0.2, 0.25) is 0 Å². The summed E-state index contributed by atoms with van der Waals surface area (Å²) >= 11 is 0. The molecular formula is C10H14O3. The van der Waals surface area contributed by atoms with E-state index in [9.17, 15) is 4.79 Å². The number of carboxylic acids is 1. The highest BCUT2D eigenvalue weighted by Crippen LogP contribution is 2.24. The van der Waals surface area contributed by atoms with Gasteiger partial charge in [-0.05, 0) is 12.1 Å². The molecular weight excluding hydrogens is 168 g/mol. The van der Waals surface area contributed by atoms with Crippen LogP contribution in [-0.2, 0) is 16.6 Å². The minimum atomic E-state index is -0.866. The van der Waals surface area contributed by atoms with Crippen molar-refractivity contribution in [1.82, 2.24) is 0 Å². The van der Waals surface area contributed by atoms with E-state index < -0.39 is 5.97 Å². The lowest BCUT2D eigenvalue weighted by atomic mass is 9.94. The summed E-state index contributed by atoms with van der Waals surface area (Å²) in [7, 11) is 0. The molecule has 13 heavy (non-hydrogen) atoms. The highest BCUT2D eigenvalue weighted by atomic mass is 16.4. The third-order valence-corrected chi connectivity index (χ3v) is 1.73. The predicted octanol–water partition coefficient (Wildman–Crippen LogP) is 2.20. The number of hydrogen-bond donors (Lipinski definition) is 1. The minimum absolute atomic E-state index is 0.0456. The van der Waals surface area contributed by atoms with Crippen LogP contribution in [0.25, 0.3) is 0 Å². The molecule has 0 unspecified atom stereocenters. The molecule has 0 aliphatic carbocycles. The van der Waals surface area contributed by atoms with Crippen LogP contribution in [-0.4, -0.2) is 11.1 Å². The first-order valence-corrected chi connectivity index (χ1v) is 4.20.